The standard InChI is InChI=1S/C12H9BrN4/c1-8-2-3-10(13)11(6-8)17-12-15-5-4-9(7-14)16-12/h2-6H,1H3,(H,15,16,17). The van der Waals surface area contributed by atoms with Gasteiger partial charge in [0.15, 0.2) is 0 Å². The number of anilines is 2. The first-order valence-electron chi connectivity index (χ1n) is 4.95. The van der Waals surface area contributed by atoms with Crippen LogP contribution in [-0.2, 0) is 0 Å². The predicted molar refractivity (Wildman–Crippen MR) is 68.9 cm³/mol. The second-order valence-electron chi connectivity index (χ2n) is 3.49. The van der Waals surface area contributed by atoms with E-state index in [0.717, 1.165) is 15.7 Å². The lowest BCUT2D eigenvalue weighted by Gasteiger charge is -2.07. The molecule has 1 N–H and O–H groups in total. The lowest BCUT2D eigenvalue weighted by Crippen LogP contribution is -1.98. The van der Waals surface area contributed by atoms with E-state index in [2.05, 4.69) is 31.2 Å². The van der Waals surface area contributed by atoms with E-state index in [1.54, 1.807) is 12.3 Å². The molecule has 0 aliphatic heterocycles. The van der Waals surface area contributed by atoms with E-state index in [-0.39, 0.29) is 0 Å². The van der Waals surface area contributed by atoms with Gasteiger partial charge in [-0.3, -0.25) is 0 Å². The van der Waals surface area contributed by atoms with Crippen molar-refractivity contribution in [2.45, 2.75) is 6.92 Å². The summed E-state index contributed by atoms with van der Waals surface area (Å²) in [4.78, 5) is 8.11. The minimum atomic E-state index is 0.339. The van der Waals surface area contributed by atoms with Gasteiger partial charge in [0.05, 0.1) is 5.69 Å². The fourth-order valence-corrected chi connectivity index (χ4v) is 1.68. The number of aryl methyl sites for hydroxylation is 1. The lowest BCUT2D eigenvalue weighted by atomic mass is 10.2. The molecule has 0 saturated heterocycles. The van der Waals surface area contributed by atoms with Crippen LogP contribution in [0, 0.1) is 18.3 Å². The van der Waals surface area contributed by atoms with Crippen molar-refractivity contribution in [3.8, 4) is 6.07 Å². The van der Waals surface area contributed by atoms with Crippen LogP contribution in [0.5, 0.6) is 0 Å². The average molecular weight is 289 g/mol. The minimum Gasteiger partial charge on any atom is -0.323 e. The van der Waals surface area contributed by atoms with Crippen LogP contribution < -0.4 is 5.32 Å². The molecule has 17 heavy (non-hydrogen) atoms. The highest BCUT2D eigenvalue weighted by Gasteiger charge is 2.03. The van der Waals surface area contributed by atoms with Crippen molar-refractivity contribution < 1.29 is 0 Å². The third-order valence-electron chi connectivity index (χ3n) is 2.14. The van der Waals surface area contributed by atoms with Gasteiger partial charge in [-0.05, 0) is 46.6 Å². The molecule has 1 aromatic heterocycles. The highest BCUT2D eigenvalue weighted by atomic mass is 79.9. The zero-order valence-corrected chi connectivity index (χ0v) is 10.7. The molecule has 1 heterocycles. The number of nitrogens with one attached hydrogen (secondary N) is 1. The van der Waals surface area contributed by atoms with Crippen molar-refractivity contribution in [1.82, 2.24) is 9.97 Å². The second kappa shape index (κ2) is 4.93. The zero-order valence-electron chi connectivity index (χ0n) is 9.11. The van der Waals surface area contributed by atoms with Gasteiger partial charge in [-0.25, -0.2) is 9.97 Å². The molecular weight excluding hydrogens is 280 g/mol. The predicted octanol–water partition coefficient (Wildman–Crippen LogP) is 3.16. The minimum absolute atomic E-state index is 0.339. The maximum Gasteiger partial charge on any atom is 0.228 e. The van der Waals surface area contributed by atoms with Crippen molar-refractivity contribution in [2.75, 3.05) is 5.32 Å². The third kappa shape index (κ3) is 2.80. The van der Waals surface area contributed by atoms with Gasteiger partial charge in [-0.2, -0.15) is 5.26 Å². The summed E-state index contributed by atoms with van der Waals surface area (Å²) in [5.41, 5.74) is 2.35. The molecule has 0 saturated carbocycles. The van der Waals surface area contributed by atoms with Gasteiger partial charge in [-0.1, -0.05) is 6.07 Å². The Bertz CT molecular complexity index is 589. The van der Waals surface area contributed by atoms with Gasteiger partial charge in [0.1, 0.15) is 11.8 Å². The molecule has 4 nitrogen and oxygen atoms in total. The van der Waals surface area contributed by atoms with E-state index in [9.17, 15) is 0 Å². The van der Waals surface area contributed by atoms with Gasteiger partial charge >= 0.3 is 0 Å². The first kappa shape index (κ1) is 11.6. The molecule has 2 aromatic rings. The summed E-state index contributed by atoms with van der Waals surface area (Å²) < 4.78 is 0.925. The SMILES string of the molecule is Cc1ccc(Br)c(Nc2nccc(C#N)n2)c1. The molecule has 0 unspecified atom stereocenters. The number of nitrogens with zero attached hydrogens (tertiary/aromatic N) is 3. The second-order valence-corrected chi connectivity index (χ2v) is 4.34. The van der Waals surface area contributed by atoms with E-state index in [1.165, 1.54) is 0 Å². The number of hydrogen-bond acceptors (Lipinski definition) is 4. The zero-order chi connectivity index (χ0) is 12.3. The largest absolute Gasteiger partial charge is 0.323 e. The molecule has 2 rings (SSSR count). The molecule has 0 fully saturated rings. The van der Waals surface area contributed by atoms with Gasteiger partial charge in [0.25, 0.3) is 0 Å². The first-order valence-corrected chi connectivity index (χ1v) is 5.74. The Hall–Kier alpha value is -1.93. The molecule has 0 spiro atoms. The van der Waals surface area contributed by atoms with Crippen LogP contribution in [-0.4, -0.2) is 9.97 Å². The first-order chi connectivity index (χ1) is 8.19. The number of benzene rings is 1. The van der Waals surface area contributed by atoms with E-state index >= 15 is 0 Å². The number of nitriles is 1. The van der Waals surface area contributed by atoms with Crippen molar-refractivity contribution in [1.29, 1.82) is 5.26 Å². The van der Waals surface area contributed by atoms with Crippen molar-refractivity contribution in [3.05, 3.63) is 46.2 Å². The Morgan fingerprint density at radius 1 is 1.35 bits per heavy atom. The smallest absolute Gasteiger partial charge is 0.228 e. The van der Waals surface area contributed by atoms with Gasteiger partial charge in [0.2, 0.25) is 5.95 Å². The lowest BCUT2D eigenvalue weighted by molar-refractivity contribution is 1.14. The molecule has 0 aliphatic rings. The van der Waals surface area contributed by atoms with Gasteiger partial charge < -0.3 is 5.32 Å². The summed E-state index contributed by atoms with van der Waals surface area (Å²) in [7, 11) is 0. The van der Waals surface area contributed by atoms with E-state index in [1.807, 2.05) is 31.2 Å². The summed E-state index contributed by atoms with van der Waals surface area (Å²) in [6, 6.07) is 9.47. The van der Waals surface area contributed by atoms with Crippen LogP contribution in [0.25, 0.3) is 0 Å². The Kier molecular flexibility index (Phi) is 3.35. The summed E-state index contributed by atoms with van der Waals surface area (Å²) in [5, 5.41) is 11.8. The third-order valence-corrected chi connectivity index (χ3v) is 2.83. The van der Waals surface area contributed by atoms with Crippen LogP contribution in [0.3, 0.4) is 0 Å². The monoisotopic (exact) mass is 288 g/mol. The van der Waals surface area contributed by atoms with E-state index in [0.29, 0.717) is 11.6 Å². The molecule has 1 aromatic carbocycles. The van der Waals surface area contributed by atoms with Crippen LogP contribution in [0.1, 0.15) is 11.3 Å². The summed E-state index contributed by atoms with van der Waals surface area (Å²) in [5.74, 6) is 0.412. The Morgan fingerprint density at radius 2 is 2.18 bits per heavy atom. The van der Waals surface area contributed by atoms with Crippen molar-refractivity contribution in [2.24, 2.45) is 0 Å². The van der Waals surface area contributed by atoms with Crippen molar-refractivity contribution in [3.63, 3.8) is 0 Å². The molecule has 0 aliphatic carbocycles. The van der Waals surface area contributed by atoms with Crippen LogP contribution in [0.2, 0.25) is 0 Å². The number of aromatic nitrogens is 2. The summed E-state index contributed by atoms with van der Waals surface area (Å²) in [6.45, 7) is 2.00. The molecule has 0 atom stereocenters. The topological polar surface area (TPSA) is 61.6 Å². The number of hydrogen-bond donors (Lipinski definition) is 1. The number of halogens is 1. The Balaban J connectivity index is 2.31. The number of rotatable bonds is 2. The molecule has 84 valence electrons. The maximum atomic E-state index is 8.75. The van der Waals surface area contributed by atoms with Gasteiger partial charge in [-0.15, -0.1) is 0 Å². The van der Waals surface area contributed by atoms with E-state index < -0.39 is 0 Å². The van der Waals surface area contributed by atoms with E-state index in [4.69, 9.17) is 5.26 Å². The summed E-state index contributed by atoms with van der Waals surface area (Å²) >= 11 is 3.44. The van der Waals surface area contributed by atoms with Gasteiger partial charge in [0, 0.05) is 10.7 Å². The molecule has 0 amide bonds. The Morgan fingerprint density at radius 3 is 2.94 bits per heavy atom. The average Bonchev–Trinajstić information content (AvgIpc) is 2.34. The Labute approximate surface area is 107 Å². The fraction of sp³-hybridized carbons (Fsp3) is 0.0833. The fourth-order valence-electron chi connectivity index (χ4n) is 1.34. The molecular formula is C12H9BrN4. The molecule has 0 radical (unpaired) electrons. The van der Waals surface area contributed by atoms with Crippen molar-refractivity contribution >= 4 is 27.6 Å². The molecule has 5 heteroatoms. The van der Waals surface area contributed by atoms with Crippen LogP contribution in [0.15, 0.2) is 34.9 Å². The highest BCUT2D eigenvalue weighted by molar-refractivity contribution is 9.10. The summed E-state index contributed by atoms with van der Waals surface area (Å²) in [6.07, 6.45) is 1.55. The highest BCUT2D eigenvalue weighted by Crippen LogP contribution is 2.25. The normalized spacial score (nSPS) is 9.71. The molecule has 0 bridgehead atoms. The maximum absolute atomic E-state index is 8.75. The van der Waals surface area contributed by atoms with Crippen LogP contribution >= 0.6 is 15.9 Å². The van der Waals surface area contributed by atoms with Crippen LogP contribution in [0.4, 0.5) is 11.6 Å². The quantitative estimate of drug-likeness (QED) is 0.922.